The molecule has 0 N–H and O–H groups in total. The van der Waals surface area contributed by atoms with Gasteiger partial charge in [0.05, 0.1) is 12.6 Å². The van der Waals surface area contributed by atoms with Gasteiger partial charge in [-0.25, -0.2) is 5.11 Å². The minimum atomic E-state index is -0.249. The summed E-state index contributed by atoms with van der Waals surface area (Å²) in [6.45, 7) is 5.13. The lowest BCUT2D eigenvalue weighted by atomic mass is 10.0. The summed E-state index contributed by atoms with van der Waals surface area (Å²) in [6, 6.07) is 0.0838. The molecule has 5 heteroatoms. The molecule has 0 aliphatic carbocycles. The summed E-state index contributed by atoms with van der Waals surface area (Å²) in [7, 11) is 0. The maximum absolute atomic E-state index is 11.9. The Balaban J connectivity index is 2.46. The molecule has 1 radical (unpaired) electrons. The minimum Gasteiger partial charge on any atom is -0.353 e. The van der Waals surface area contributed by atoms with Gasteiger partial charge in [-0.3, -0.25) is 4.79 Å². The van der Waals surface area contributed by atoms with Crippen molar-refractivity contribution in [1.29, 1.82) is 0 Å². The first-order chi connectivity index (χ1) is 9.19. The van der Waals surface area contributed by atoms with E-state index < -0.39 is 0 Å². The van der Waals surface area contributed by atoms with Gasteiger partial charge in [-0.15, -0.1) is 0 Å². The Labute approximate surface area is 115 Å². The van der Waals surface area contributed by atoms with Gasteiger partial charge in [0.25, 0.3) is 0 Å². The molecule has 1 amide bonds. The third kappa shape index (κ3) is 5.72. The van der Waals surface area contributed by atoms with E-state index in [1.54, 1.807) is 17.1 Å². The summed E-state index contributed by atoms with van der Waals surface area (Å²) in [6.07, 6.45) is 5.48. The smallest absolute Gasteiger partial charge is 0.223 e. The van der Waals surface area contributed by atoms with Crippen LogP contribution in [0.3, 0.4) is 0 Å². The van der Waals surface area contributed by atoms with Crippen molar-refractivity contribution >= 4 is 5.91 Å². The first-order valence-corrected chi connectivity index (χ1v) is 6.94. The third-order valence-corrected chi connectivity index (χ3v) is 3.18. The summed E-state index contributed by atoms with van der Waals surface area (Å²) in [5.74, 6) is 0.138. The molecule has 1 unspecified atom stereocenters. The largest absolute Gasteiger partial charge is 0.353 e. The van der Waals surface area contributed by atoms with Gasteiger partial charge in [-0.05, 0) is 26.7 Å². The van der Waals surface area contributed by atoms with Crippen LogP contribution < -0.4 is 0 Å². The van der Waals surface area contributed by atoms with E-state index in [2.05, 4.69) is 0 Å². The molecule has 0 spiro atoms. The van der Waals surface area contributed by atoms with Crippen molar-refractivity contribution in [3.63, 3.8) is 0 Å². The van der Waals surface area contributed by atoms with E-state index in [-0.39, 0.29) is 24.8 Å². The fraction of sp³-hybridized carbons (Fsp3) is 0.786. The Kier molecular flexibility index (Phi) is 7.70. The lowest BCUT2D eigenvalue weighted by Gasteiger charge is -2.35. The molecule has 0 aromatic heterocycles. The number of hydrogen-bond donors (Lipinski definition) is 0. The molecule has 1 rings (SSSR count). The van der Waals surface area contributed by atoms with Crippen molar-refractivity contribution in [2.45, 2.75) is 45.4 Å². The highest BCUT2D eigenvalue weighted by atomic mass is 16.7. The maximum atomic E-state index is 11.9. The highest BCUT2D eigenvalue weighted by Gasteiger charge is 2.27. The Hall–Kier alpha value is -0.910. The van der Waals surface area contributed by atoms with Crippen molar-refractivity contribution < 1.29 is 19.4 Å². The molecular formula is C14H24NO4. The second-order valence-corrected chi connectivity index (χ2v) is 4.59. The lowest BCUT2D eigenvalue weighted by molar-refractivity contribution is -0.152. The number of hydrogen-bond acceptors (Lipinski definition) is 3. The number of piperidine rings is 1. The Morgan fingerprint density at radius 2 is 2.21 bits per heavy atom. The van der Waals surface area contributed by atoms with E-state index in [9.17, 15) is 9.90 Å². The zero-order valence-corrected chi connectivity index (χ0v) is 11.8. The van der Waals surface area contributed by atoms with Crippen LogP contribution in [0.15, 0.2) is 12.2 Å². The molecule has 109 valence electrons. The quantitative estimate of drug-likeness (QED) is 0.499. The monoisotopic (exact) mass is 270 g/mol. The van der Waals surface area contributed by atoms with Crippen molar-refractivity contribution in [2.24, 2.45) is 0 Å². The normalized spacial score (nSPS) is 22.2. The molecule has 5 nitrogen and oxygen atoms in total. The van der Waals surface area contributed by atoms with Crippen molar-refractivity contribution in [2.75, 3.05) is 26.4 Å². The fourth-order valence-corrected chi connectivity index (χ4v) is 2.20. The van der Waals surface area contributed by atoms with E-state index in [0.717, 1.165) is 12.8 Å². The predicted molar refractivity (Wildman–Crippen MR) is 71.1 cm³/mol. The van der Waals surface area contributed by atoms with E-state index in [4.69, 9.17) is 9.47 Å². The summed E-state index contributed by atoms with van der Waals surface area (Å²) in [5, 5.41) is 10.4. The molecule has 19 heavy (non-hydrogen) atoms. The van der Waals surface area contributed by atoms with Crippen molar-refractivity contribution in [3.05, 3.63) is 12.2 Å². The van der Waals surface area contributed by atoms with Crippen LogP contribution in [0.25, 0.3) is 0 Å². The molecule has 0 saturated carbocycles. The molecule has 1 saturated heterocycles. The SMILES string of the molecule is CCOC(C)OC[C@H]1CCCC(=O)N1C/C=C\C[O]. The van der Waals surface area contributed by atoms with Crippen LogP contribution in [0.2, 0.25) is 0 Å². The Bertz CT molecular complexity index is 293. The Morgan fingerprint density at radius 1 is 1.42 bits per heavy atom. The third-order valence-electron chi connectivity index (χ3n) is 3.18. The first kappa shape index (κ1) is 16.1. The van der Waals surface area contributed by atoms with Gasteiger partial charge in [0.1, 0.15) is 6.61 Å². The number of nitrogens with zero attached hydrogens (tertiary/aromatic N) is 1. The van der Waals surface area contributed by atoms with E-state index in [1.807, 2.05) is 13.8 Å². The van der Waals surface area contributed by atoms with Gasteiger partial charge in [-0.2, -0.15) is 0 Å². The van der Waals surface area contributed by atoms with Gasteiger partial charge in [-0.1, -0.05) is 12.2 Å². The zero-order valence-electron chi connectivity index (χ0n) is 11.8. The van der Waals surface area contributed by atoms with Gasteiger partial charge in [0.15, 0.2) is 6.29 Å². The van der Waals surface area contributed by atoms with Crippen LogP contribution in [-0.2, 0) is 19.4 Å². The van der Waals surface area contributed by atoms with Crippen molar-refractivity contribution in [3.8, 4) is 0 Å². The fourth-order valence-electron chi connectivity index (χ4n) is 2.20. The summed E-state index contributed by atoms with van der Waals surface area (Å²) < 4.78 is 10.9. The molecular weight excluding hydrogens is 246 g/mol. The van der Waals surface area contributed by atoms with E-state index >= 15 is 0 Å². The molecule has 0 aromatic rings. The zero-order chi connectivity index (χ0) is 14.1. The summed E-state index contributed by atoms with van der Waals surface area (Å²) >= 11 is 0. The average Bonchev–Trinajstić information content (AvgIpc) is 2.39. The van der Waals surface area contributed by atoms with E-state index in [0.29, 0.717) is 26.2 Å². The standard InChI is InChI=1S/C14H24NO4/c1-3-18-12(2)19-11-13-7-6-8-14(17)15(13)9-4-5-10-16/h4-5,12-13H,3,6-11H2,1-2H3/b5-4-/t12?,13-/m1/s1. The number of amides is 1. The van der Waals surface area contributed by atoms with Crippen LogP contribution in [0.4, 0.5) is 0 Å². The van der Waals surface area contributed by atoms with Gasteiger partial charge >= 0.3 is 0 Å². The van der Waals surface area contributed by atoms with E-state index in [1.165, 1.54) is 0 Å². The van der Waals surface area contributed by atoms with Crippen molar-refractivity contribution in [1.82, 2.24) is 4.90 Å². The van der Waals surface area contributed by atoms with Crippen LogP contribution in [0.1, 0.15) is 33.1 Å². The van der Waals surface area contributed by atoms with Gasteiger partial charge in [0.2, 0.25) is 5.91 Å². The summed E-state index contributed by atoms with van der Waals surface area (Å²) in [5.41, 5.74) is 0. The minimum absolute atomic E-state index is 0.0838. The molecule has 1 heterocycles. The van der Waals surface area contributed by atoms with Gasteiger partial charge < -0.3 is 14.4 Å². The summed E-state index contributed by atoms with van der Waals surface area (Å²) in [4.78, 5) is 13.7. The lowest BCUT2D eigenvalue weighted by Crippen LogP contribution is -2.46. The number of carbonyl (C=O) groups excluding carboxylic acids is 1. The van der Waals surface area contributed by atoms with Crippen LogP contribution in [-0.4, -0.2) is 49.5 Å². The molecule has 0 bridgehead atoms. The number of likely N-dealkylation sites (tertiary alicyclic amines) is 1. The molecule has 1 aliphatic heterocycles. The maximum Gasteiger partial charge on any atom is 0.223 e. The second-order valence-electron chi connectivity index (χ2n) is 4.59. The molecule has 2 atom stereocenters. The highest BCUT2D eigenvalue weighted by Crippen LogP contribution is 2.19. The van der Waals surface area contributed by atoms with Crippen LogP contribution in [0, 0.1) is 0 Å². The average molecular weight is 270 g/mol. The highest BCUT2D eigenvalue weighted by molar-refractivity contribution is 5.77. The number of rotatable bonds is 8. The first-order valence-electron chi connectivity index (χ1n) is 6.94. The number of carbonyl (C=O) groups is 1. The predicted octanol–water partition coefficient (Wildman–Crippen LogP) is 1.75. The Morgan fingerprint density at radius 3 is 2.89 bits per heavy atom. The topological polar surface area (TPSA) is 58.7 Å². The van der Waals surface area contributed by atoms with Crippen LogP contribution >= 0.6 is 0 Å². The number of ether oxygens (including phenoxy) is 2. The molecule has 1 fully saturated rings. The molecule has 1 aliphatic rings. The van der Waals surface area contributed by atoms with Gasteiger partial charge in [0, 0.05) is 19.6 Å². The van der Waals surface area contributed by atoms with Crippen LogP contribution in [0.5, 0.6) is 0 Å². The second kappa shape index (κ2) is 9.07. The molecule has 0 aromatic carbocycles.